The lowest BCUT2D eigenvalue weighted by atomic mass is 10.2. The molecule has 0 radical (unpaired) electrons. The molecule has 0 unspecified atom stereocenters. The smallest absolute Gasteiger partial charge is 0.0109 e. The zero-order valence-corrected chi connectivity index (χ0v) is 15.3. The van der Waals surface area contributed by atoms with E-state index in [-0.39, 0.29) is 0 Å². The van der Waals surface area contributed by atoms with Crippen LogP contribution in [0.2, 0.25) is 0 Å². The molecule has 22 heavy (non-hydrogen) atoms. The van der Waals surface area contributed by atoms with Crippen LogP contribution in [0.1, 0.15) is 25.7 Å². The summed E-state index contributed by atoms with van der Waals surface area (Å²) in [5.74, 6) is 0. The second-order valence-electron chi connectivity index (χ2n) is 6.95. The Bertz CT molecular complexity index is 261. The number of nitrogens with two attached hydrogens (primary N) is 1. The molecule has 5 nitrogen and oxygen atoms in total. The third-order valence-electron chi connectivity index (χ3n) is 4.68. The Labute approximate surface area is 138 Å². The molecule has 0 aliphatic carbocycles. The van der Waals surface area contributed by atoms with Crippen molar-refractivity contribution in [3.8, 4) is 0 Å². The molecule has 1 saturated heterocycles. The topological polar surface area (TPSA) is 39.0 Å². The molecule has 1 aliphatic rings. The third-order valence-corrected chi connectivity index (χ3v) is 4.68. The van der Waals surface area contributed by atoms with Gasteiger partial charge in [0.15, 0.2) is 0 Å². The van der Waals surface area contributed by atoms with Crippen LogP contribution >= 0.6 is 0 Å². The summed E-state index contributed by atoms with van der Waals surface area (Å²) in [7, 11) is 6.77. The van der Waals surface area contributed by atoms with E-state index in [1.807, 2.05) is 0 Å². The highest BCUT2D eigenvalue weighted by Crippen LogP contribution is 2.01. The summed E-state index contributed by atoms with van der Waals surface area (Å²) in [6, 6.07) is 0. The van der Waals surface area contributed by atoms with Gasteiger partial charge in [-0.15, -0.1) is 0 Å². The first-order chi connectivity index (χ1) is 10.6. The third kappa shape index (κ3) is 9.74. The van der Waals surface area contributed by atoms with Gasteiger partial charge in [-0.05, 0) is 86.1 Å². The Morgan fingerprint density at radius 1 is 0.636 bits per heavy atom. The summed E-state index contributed by atoms with van der Waals surface area (Å²) in [6.07, 6.45) is 4.93. The Kier molecular flexibility index (Phi) is 11.1. The second-order valence-corrected chi connectivity index (χ2v) is 6.95. The average Bonchev–Trinajstić information content (AvgIpc) is 2.49. The fourth-order valence-corrected chi connectivity index (χ4v) is 2.98. The largest absolute Gasteiger partial charge is 0.330 e. The Balaban J connectivity index is 2.43. The Hall–Kier alpha value is -0.200. The summed E-state index contributed by atoms with van der Waals surface area (Å²) in [5, 5.41) is 0. The highest BCUT2D eigenvalue weighted by Gasteiger charge is 2.09. The molecule has 0 aromatic carbocycles. The lowest BCUT2D eigenvalue weighted by molar-refractivity contribution is 0.188. The minimum absolute atomic E-state index is 0.823. The molecular weight excluding hydrogens is 274 g/mol. The van der Waals surface area contributed by atoms with Crippen LogP contribution < -0.4 is 5.73 Å². The number of likely N-dealkylation sites (N-methyl/N-ethyl adjacent to an activating group) is 3. The van der Waals surface area contributed by atoms with E-state index >= 15 is 0 Å². The van der Waals surface area contributed by atoms with E-state index in [9.17, 15) is 0 Å². The van der Waals surface area contributed by atoms with Crippen LogP contribution in [-0.2, 0) is 0 Å². The predicted molar refractivity (Wildman–Crippen MR) is 96.5 cm³/mol. The molecule has 5 heteroatoms. The van der Waals surface area contributed by atoms with Gasteiger partial charge in [0.05, 0.1) is 0 Å². The van der Waals surface area contributed by atoms with Crippen molar-refractivity contribution < 1.29 is 0 Å². The molecule has 1 rings (SSSR count). The van der Waals surface area contributed by atoms with Gasteiger partial charge in [-0.3, -0.25) is 0 Å². The van der Waals surface area contributed by atoms with E-state index in [2.05, 4.69) is 40.7 Å². The molecule has 0 spiro atoms. The molecule has 0 atom stereocenters. The van der Waals surface area contributed by atoms with Crippen molar-refractivity contribution in [2.24, 2.45) is 5.73 Å². The second kappa shape index (κ2) is 12.3. The molecule has 1 fully saturated rings. The molecule has 0 amide bonds. The molecule has 0 aromatic rings. The minimum Gasteiger partial charge on any atom is -0.330 e. The van der Waals surface area contributed by atoms with E-state index < -0.39 is 0 Å². The Morgan fingerprint density at radius 2 is 1.14 bits per heavy atom. The maximum absolute atomic E-state index is 5.63. The summed E-state index contributed by atoms with van der Waals surface area (Å²) in [6.45, 7) is 11.6. The van der Waals surface area contributed by atoms with Gasteiger partial charge in [0, 0.05) is 26.2 Å². The fourth-order valence-electron chi connectivity index (χ4n) is 2.98. The number of rotatable bonds is 4. The fraction of sp³-hybridized carbons (Fsp3) is 1.00. The van der Waals surface area contributed by atoms with Crippen LogP contribution in [0, 0.1) is 0 Å². The predicted octanol–water partition coefficient (Wildman–Crippen LogP) is 0.617. The monoisotopic (exact) mass is 313 g/mol. The maximum Gasteiger partial charge on any atom is 0.0109 e. The van der Waals surface area contributed by atoms with Crippen molar-refractivity contribution in [2.45, 2.75) is 25.7 Å². The van der Waals surface area contributed by atoms with Gasteiger partial charge in [-0.1, -0.05) is 0 Å². The number of hydrogen-bond donors (Lipinski definition) is 1. The van der Waals surface area contributed by atoms with Gasteiger partial charge in [0.25, 0.3) is 0 Å². The first-order valence-electron chi connectivity index (χ1n) is 9.10. The zero-order valence-electron chi connectivity index (χ0n) is 15.3. The van der Waals surface area contributed by atoms with Crippen molar-refractivity contribution in [1.29, 1.82) is 0 Å². The lowest BCUT2D eigenvalue weighted by Crippen LogP contribution is -2.38. The lowest BCUT2D eigenvalue weighted by Gasteiger charge is -2.28. The minimum atomic E-state index is 0.823. The molecule has 0 saturated carbocycles. The van der Waals surface area contributed by atoms with Gasteiger partial charge in [-0.25, -0.2) is 0 Å². The first-order valence-corrected chi connectivity index (χ1v) is 9.10. The molecule has 132 valence electrons. The highest BCUT2D eigenvalue weighted by atomic mass is 15.2. The number of hydrogen-bond acceptors (Lipinski definition) is 5. The van der Waals surface area contributed by atoms with Gasteiger partial charge in [-0.2, -0.15) is 0 Å². The Morgan fingerprint density at radius 3 is 1.68 bits per heavy atom. The quantitative estimate of drug-likeness (QED) is 0.770. The van der Waals surface area contributed by atoms with E-state index in [1.165, 1.54) is 78.2 Å². The van der Waals surface area contributed by atoms with Crippen LogP contribution in [0.25, 0.3) is 0 Å². The summed E-state index contributed by atoms with van der Waals surface area (Å²) in [4.78, 5) is 10.1. The first kappa shape index (κ1) is 19.8. The van der Waals surface area contributed by atoms with Crippen LogP contribution in [0.3, 0.4) is 0 Å². The summed E-state index contributed by atoms with van der Waals surface area (Å²) >= 11 is 0. The van der Waals surface area contributed by atoms with E-state index in [0.717, 1.165) is 13.0 Å². The van der Waals surface area contributed by atoms with Crippen molar-refractivity contribution in [3.63, 3.8) is 0 Å². The van der Waals surface area contributed by atoms with Crippen molar-refractivity contribution in [3.05, 3.63) is 0 Å². The number of nitrogens with zero attached hydrogens (tertiary/aromatic N) is 4. The van der Waals surface area contributed by atoms with Crippen LogP contribution in [-0.4, -0.2) is 106 Å². The van der Waals surface area contributed by atoms with E-state index in [1.54, 1.807) is 0 Å². The normalized spacial score (nSPS) is 23.5. The van der Waals surface area contributed by atoms with Gasteiger partial charge in [0.1, 0.15) is 0 Å². The average molecular weight is 314 g/mol. The van der Waals surface area contributed by atoms with Crippen molar-refractivity contribution in [2.75, 3.05) is 86.6 Å². The van der Waals surface area contributed by atoms with Crippen molar-refractivity contribution in [1.82, 2.24) is 19.6 Å². The zero-order chi connectivity index (χ0) is 16.2. The van der Waals surface area contributed by atoms with Gasteiger partial charge >= 0.3 is 0 Å². The molecule has 0 aromatic heterocycles. The van der Waals surface area contributed by atoms with Gasteiger partial charge in [0.2, 0.25) is 0 Å². The van der Waals surface area contributed by atoms with E-state index in [4.69, 9.17) is 5.73 Å². The molecule has 1 heterocycles. The SMILES string of the molecule is CN1CCCN(C)CCN(CCCCN)CCCN(C)CC1. The van der Waals surface area contributed by atoms with Crippen LogP contribution in [0.5, 0.6) is 0 Å². The van der Waals surface area contributed by atoms with Gasteiger partial charge < -0.3 is 25.3 Å². The molecule has 0 bridgehead atoms. The molecule has 1 aliphatic heterocycles. The summed E-state index contributed by atoms with van der Waals surface area (Å²) in [5.41, 5.74) is 5.63. The van der Waals surface area contributed by atoms with Crippen LogP contribution in [0.4, 0.5) is 0 Å². The standard InChI is InChI=1S/C17H39N5/c1-19-9-6-10-21(3)16-17-22(12-5-4-8-18)13-7-11-20(2)15-14-19/h4-18H2,1-3H3. The van der Waals surface area contributed by atoms with Crippen molar-refractivity contribution >= 4 is 0 Å². The highest BCUT2D eigenvalue weighted by molar-refractivity contribution is 4.66. The maximum atomic E-state index is 5.63. The number of unbranched alkanes of at least 4 members (excludes halogenated alkanes) is 1. The molecular formula is C17H39N5. The van der Waals surface area contributed by atoms with E-state index in [0.29, 0.717) is 0 Å². The molecule has 2 N–H and O–H groups in total. The van der Waals surface area contributed by atoms with Crippen LogP contribution in [0.15, 0.2) is 0 Å². The summed E-state index contributed by atoms with van der Waals surface area (Å²) < 4.78 is 0.